The fourth-order valence-corrected chi connectivity index (χ4v) is 1.50. The average Bonchev–Trinajstić information content (AvgIpc) is 2.45. The van der Waals surface area contributed by atoms with Gasteiger partial charge in [0.15, 0.2) is 0 Å². The van der Waals surface area contributed by atoms with Gasteiger partial charge >= 0.3 is 0 Å². The molecule has 4 nitrogen and oxygen atoms in total. The maximum Gasteiger partial charge on any atom is 0.119 e. The Bertz CT molecular complexity index is 456. The summed E-state index contributed by atoms with van der Waals surface area (Å²) in [7, 11) is 0. The van der Waals surface area contributed by atoms with Crippen molar-refractivity contribution in [2.24, 2.45) is 0 Å². The van der Waals surface area contributed by atoms with Crippen LogP contribution in [-0.2, 0) is 6.54 Å². The highest BCUT2D eigenvalue weighted by Crippen LogP contribution is 2.16. The number of nitrogens with one attached hydrogen (secondary N) is 1. The predicted octanol–water partition coefficient (Wildman–Crippen LogP) is 2.88. The van der Waals surface area contributed by atoms with Crippen LogP contribution in [0.2, 0.25) is 0 Å². The van der Waals surface area contributed by atoms with Gasteiger partial charge in [0, 0.05) is 18.1 Å². The van der Waals surface area contributed by atoms with E-state index in [4.69, 9.17) is 4.74 Å². The SMILES string of the molecule is CCCOc1ccc(NCc2cnccn2)cc1. The van der Waals surface area contributed by atoms with Crippen molar-refractivity contribution >= 4 is 5.69 Å². The summed E-state index contributed by atoms with van der Waals surface area (Å²) in [5.74, 6) is 0.905. The summed E-state index contributed by atoms with van der Waals surface area (Å²) < 4.78 is 5.52. The fraction of sp³-hybridized carbons (Fsp3) is 0.286. The van der Waals surface area contributed by atoms with Crippen molar-refractivity contribution < 1.29 is 4.74 Å². The Balaban J connectivity index is 1.86. The number of nitrogens with zero attached hydrogens (tertiary/aromatic N) is 2. The summed E-state index contributed by atoms with van der Waals surface area (Å²) in [5, 5.41) is 3.29. The molecule has 4 heteroatoms. The zero-order valence-corrected chi connectivity index (χ0v) is 10.5. The summed E-state index contributed by atoms with van der Waals surface area (Å²) in [6.45, 7) is 3.52. The molecule has 0 aliphatic heterocycles. The molecule has 2 rings (SSSR count). The Morgan fingerprint density at radius 1 is 1.17 bits per heavy atom. The van der Waals surface area contributed by atoms with Gasteiger partial charge in [-0.05, 0) is 30.7 Å². The van der Waals surface area contributed by atoms with Crippen LogP contribution in [0.4, 0.5) is 5.69 Å². The lowest BCUT2D eigenvalue weighted by molar-refractivity contribution is 0.317. The largest absolute Gasteiger partial charge is 0.494 e. The van der Waals surface area contributed by atoms with Crippen molar-refractivity contribution in [1.29, 1.82) is 0 Å². The summed E-state index contributed by atoms with van der Waals surface area (Å²) in [6.07, 6.45) is 6.14. The fourth-order valence-electron chi connectivity index (χ4n) is 1.50. The van der Waals surface area contributed by atoms with E-state index in [1.54, 1.807) is 18.6 Å². The van der Waals surface area contributed by atoms with Crippen LogP contribution in [-0.4, -0.2) is 16.6 Å². The topological polar surface area (TPSA) is 47.0 Å². The highest BCUT2D eigenvalue weighted by atomic mass is 16.5. The van der Waals surface area contributed by atoms with E-state index in [0.29, 0.717) is 6.54 Å². The smallest absolute Gasteiger partial charge is 0.119 e. The summed E-state index contributed by atoms with van der Waals surface area (Å²) >= 11 is 0. The van der Waals surface area contributed by atoms with Gasteiger partial charge in [0.05, 0.1) is 25.0 Å². The van der Waals surface area contributed by atoms with E-state index >= 15 is 0 Å². The Labute approximate surface area is 107 Å². The van der Waals surface area contributed by atoms with E-state index in [1.807, 2.05) is 24.3 Å². The van der Waals surface area contributed by atoms with Crippen molar-refractivity contribution in [2.75, 3.05) is 11.9 Å². The molecule has 0 aliphatic carbocycles. The van der Waals surface area contributed by atoms with Gasteiger partial charge in [-0.2, -0.15) is 0 Å². The van der Waals surface area contributed by atoms with Crippen molar-refractivity contribution in [3.05, 3.63) is 48.5 Å². The first-order chi connectivity index (χ1) is 8.88. The number of benzene rings is 1. The molecule has 0 saturated heterocycles. The first-order valence-corrected chi connectivity index (χ1v) is 6.10. The van der Waals surface area contributed by atoms with Gasteiger partial charge in [0.2, 0.25) is 0 Å². The van der Waals surface area contributed by atoms with Gasteiger partial charge in [-0.3, -0.25) is 9.97 Å². The number of hydrogen-bond acceptors (Lipinski definition) is 4. The zero-order valence-electron chi connectivity index (χ0n) is 10.5. The Morgan fingerprint density at radius 2 is 2.00 bits per heavy atom. The molecule has 0 spiro atoms. The van der Waals surface area contributed by atoms with Crippen LogP contribution < -0.4 is 10.1 Å². The Hall–Kier alpha value is -2.10. The van der Waals surface area contributed by atoms with Crippen molar-refractivity contribution in [3.8, 4) is 5.75 Å². The number of ether oxygens (including phenoxy) is 1. The molecular weight excluding hydrogens is 226 g/mol. The number of hydrogen-bond donors (Lipinski definition) is 1. The minimum absolute atomic E-state index is 0.670. The molecule has 0 amide bonds. The minimum Gasteiger partial charge on any atom is -0.494 e. The summed E-state index contributed by atoms with van der Waals surface area (Å²) in [5.41, 5.74) is 1.97. The molecule has 0 aliphatic rings. The second-order valence-electron chi connectivity index (χ2n) is 3.92. The second-order valence-corrected chi connectivity index (χ2v) is 3.92. The molecule has 1 N–H and O–H groups in total. The third-order valence-electron chi connectivity index (χ3n) is 2.42. The Morgan fingerprint density at radius 3 is 2.67 bits per heavy atom. The van der Waals surface area contributed by atoms with Gasteiger partial charge in [0.25, 0.3) is 0 Å². The highest BCUT2D eigenvalue weighted by Gasteiger charge is 1.96. The number of aromatic nitrogens is 2. The molecule has 0 unspecified atom stereocenters. The molecular formula is C14H17N3O. The monoisotopic (exact) mass is 243 g/mol. The zero-order chi connectivity index (χ0) is 12.6. The molecule has 2 aromatic rings. The van der Waals surface area contributed by atoms with Crippen LogP contribution in [0, 0.1) is 0 Å². The summed E-state index contributed by atoms with van der Waals surface area (Å²) in [6, 6.07) is 7.94. The predicted molar refractivity (Wildman–Crippen MR) is 71.6 cm³/mol. The van der Waals surface area contributed by atoms with Gasteiger partial charge in [-0.1, -0.05) is 6.92 Å². The number of anilines is 1. The van der Waals surface area contributed by atoms with Crippen LogP contribution in [0.3, 0.4) is 0 Å². The van der Waals surface area contributed by atoms with E-state index in [0.717, 1.165) is 30.2 Å². The van der Waals surface area contributed by atoms with Crippen molar-refractivity contribution in [2.45, 2.75) is 19.9 Å². The first-order valence-electron chi connectivity index (χ1n) is 6.10. The Kier molecular flexibility index (Phi) is 4.53. The van der Waals surface area contributed by atoms with E-state index in [1.165, 1.54) is 0 Å². The van der Waals surface area contributed by atoms with Crippen LogP contribution in [0.1, 0.15) is 19.0 Å². The third-order valence-corrected chi connectivity index (χ3v) is 2.42. The number of rotatable bonds is 6. The molecule has 0 bridgehead atoms. The second kappa shape index (κ2) is 6.59. The third kappa shape index (κ3) is 3.73. The standard InChI is InChI=1S/C14H17N3O/c1-2-9-18-14-5-3-12(4-6-14)17-11-13-10-15-7-8-16-13/h3-8,10,17H,2,9,11H2,1H3. The van der Waals surface area contributed by atoms with E-state index in [2.05, 4.69) is 22.2 Å². The minimum atomic E-state index is 0.670. The quantitative estimate of drug-likeness (QED) is 0.847. The van der Waals surface area contributed by atoms with Crippen LogP contribution in [0.25, 0.3) is 0 Å². The molecule has 0 radical (unpaired) electrons. The van der Waals surface area contributed by atoms with Gasteiger partial charge < -0.3 is 10.1 Å². The maximum atomic E-state index is 5.52. The molecule has 1 heterocycles. The summed E-state index contributed by atoms with van der Waals surface area (Å²) in [4.78, 5) is 8.22. The first kappa shape index (κ1) is 12.4. The van der Waals surface area contributed by atoms with Crippen LogP contribution in [0.15, 0.2) is 42.9 Å². The van der Waals surface area contributed by atoms with Gasteiger partial charge in [0.1, 0.15) is 5.75 Å². The maximum absolute atomic E-state index is 5.52. The molecule has 0 fully saturated rings. The average molecular weight is 243 g/mol. The van der Waals surface area contributed by atoms with Crippen molar-refractivity contribution in [1.82, 2.24) is 9.97 Å². The molecule has 0 saturated carbocycles. The molecule has 94 valence electrons. The van der Waals surface area contributed by atoms with Crippen LogP contribution >= 0.6 is 0 Å². The van der Waals surface area contributed by atoms with Gasteiger partial charge in [-0.15, -0.1) is 0 Å². The lowest BCUT2D eigenvalue weighted by atomic mass is 10.3. The molecule has 0 atom stereocenters. The lowest BCUT2D eigenvalue weighted by Crippen LogP contribution is -2.01. The molecule has 18 heavy (non-hydrogen) atoms. The molecule has 1 aromatic heterocycles. The molecule has 1 aromatic carbocycles. The van der Waals surface area contributed by atoms with E-state index < -0.39 is 0 Å². The lowest BCUT2D eigenvalue weighted by Gasteiger charge is -2.07. The van der Waals surface area contributed by atoms with Gasteiger partial charge in [-0.25, -0.2) is 0 Å². The van der Waals surface area contributed by atoms with E-state index in [-0.39, 0.29) is 0 Å². The van der Waals surface area contributed by atoms with E-state index in [9.17, 15) is 0 Å². The van der Waals surface area contributed by atoms with Crippen LogP contribution in [0.5, 0.6) is 5.75 Å². The normalized spacial score (nSPS) is 10.1. The van der Waals surface area contributed by atoms with Crippen molar-refractivity contribution in [3.63, 3.8) is 0 Å². The highest BCUT2D eigenvalue weighted by molar-refractivity contribution is 5.46.